The number of nitrogens with zero attached hydrogens (tertiary/aromatic N) is 1. The highest BCUT2D eigenvalue weighted by atomic mass is 16.7. The minimum atomic E-state index is -0.291. The Hall–Kier alpha value is -1.61. The Bertz CT molecular complexity index is 562. The van der Waals surface area contributed by atoms with Crippen LogP contribution >= 0.6 is 0 Å². The van der Waals surface area contributed by atoms with Gasteiger partial charge in [-0.3, -0.25) is 0 Å². The van der Waals surface area contributed by atoms with Gasteiger partial charge in [0.1, 0.15) is 11.8 Å². The van der Waals surface area contributed by atoms with E-state index in [-0.39, 0.29) is 11.9 Å². The third kappa shape index (κ3) is 3.25. The molecule has 1 aromatic rings. The molecule has 22 heavy (non-hydrogen) atoms. The van der Waals surface area contributed by atoms with E-state index in [2.05, 4.69) is 11.4 Å². The van der Waals surface area contributed by atoms with E-state index in [1.165, 1.54) is 12.8 Å². The predicted octanol–water partition coefficient (Wildman–Crippen LogP) is 2.34. The van der Waals surface area contributed by atoms with Gasteiger partial charge >= 0.3 is 0 Å². The Labute approximate surface area is 131 Å². The monoisotopic (exact) mass is 302 g/mol. The van der Waals surface area contributed by atoms with Gasteiger partial charge in [-0.2, -0.15) is 5.26 Å². The van der Waals surface area contributed by atoms with Crippen molar-refractivity contribution in [3.05, 3.63) is 29.3 Å². The fraction of sp³-hybridized carbons (Fsp3) is 0.588. The van der Waals surface area contributed by atoms with Gasteiger partial charge in [-0.25, -0.2) is 0 Å². The first kappa shape index (κ1) is 15.3. The van der Waals surface area contributed by atoms with Crippen LogP contribution in [0.25, 0.3) is 0 Å². The molecule has 2 fully saturated rings. The number of nitriles is 1. The van der Waals surface area contributed by atoms with Gasteiger partial charge in [-0.15, -0.1) is 0 Å². The Balaban J connectivity index is 1.48. The standard InChI is InChI=1S/C17H22N2O3/c1-20-16-5-4-13(8-14(16)9-18)10-19-11-15-12-21-17(22-15)6-2-3-7-17/h4-5,8,15,19H,2-3,6-7,10-12H2,1H3/t15-/m1/s1. The predicted molar refractivity (Wildman–Crippen MR) is 81.4 cm³/mol. The summed E-state index contributed by atoms with van der Waals surface area (Å²) < 4.78 is 17.1. The Morgan fingerprint density at radius 3 is 2.95 bits per heavy atom. The summed E-state index contributed by atoms with van der Waals surface area (Å²) in [6.07, 6.45) is 4.55. The van der Waals surface area contributed by atoms with Crippen LogP contribution in [0, 0.1) is 11.3 Å². The molecule has 1 saturated carbocycles. The molecular formula is C17H22N2O3. The van der Waals surface area contributed by atoms with Gasteiger partial charge in [0.15, 0.2) is 5.79 Å². The van der Waals surface area contributed by atoms with Crippen molar-refractivity contribution in [3.63, 3.8) is 0 Å². The molecule has 0 bridgehead atoms. The number of rotatable bonds is 5. The normalized spacial score (nSPS) is 22.8. The first-order valence-corrected chi connectivity index (χ1v) is 7.84. The zero-order valence-electron chi connectivity index (χ0n) is 12.9. The van der Waals surface area contributed by atoms with E-state index in [1.54, 1.807) is 7.11 Å². The zero-order valence-corrected chi connectivity index (χ0v) is 12.9. The molecule has 0 aromatic heterocycles. The maximum absolute atomic E-state index is 9.10. The van der Waals surface area contributed by atoms with E-state index in [0.717, 1.165) is 24.9 Å². The van der Waals surface area contributed by atoms with Crippen LogP contribution in [-0.2, 0) is 16.0 Å². The number of ether oxygens (including phenoxy) is 3. The highest BCUT2D eigenvalue weighted by Gasteiger charge is 2.43. The number of methoxy groups -OCH3 is 1. The van der Waals surface area contributed by atoms with Crippen molar-refractivity contribution < 1.29 is 14.2 Å². The topological polar surface area (TPSA) is 63.5 Å². The summed E-state index contributed by atoms with van der Waals surface area (Å²) in [5.41, 5.74) is 1.62. The second-order valence-corrected chi connectivity index (χ2v) is 5.95. The molecule has 1 atom stereocenters. The lowest BCUT2D eigenvalue weighted by Crippen LogP contribution is -2.31. The lowest BCUT2D eigenvalue weighted by molar-refractivity contribution is -0.161. The molecular weight excluding hydrogens is 280 g/mol. The van der Waals surface area contributed by atoms with Gasteiger partial charge in [-0.05, 0) is 30.5 Å². The lowest BCUT2D eigenvalue weighted by Gasteiger charge is -2.22. The highest BCUT2D eigenvalue weighted by molar-refractivity contribution is 5.45. The molecule has 1 N–H and O–H groups in total. The van der Waals surface area contributed by atoms with Gasteiger partial charge in [-0.1, -0.05) is 6.07 Å². The van der Waals surface area contributed by atoms with Crippen LogP contribution in [0.1, 0.15) is 36.8 Å². The van der Waals surface area contributed by atoms with Crippen molar-refractivity contribution >= 4 is 0 Å². The van der Waals surface area contributed by atoms with Crippen molar-refractivity contribution in [1.29, 1.82) is 5.26 Å². The molecule has 1 aliphatic heterocycles. The van der Waals surface area contributed by atoms with Crippen LogP contribution in [0.2, 0.25) is 0 Å². The van der Waals surface area contributed by atoms with Crippen molar-refractivity contribution in [2.24, 2.45) is 0 Å². The third-order valence-corrected chi connectivity index (χ3v) is 4.36. The van der Waals surface area contributed by atoms with Crippen molar-refractivity contribution in [3.8, 4) is 11.8 Å². The molecule has 1 aliphatic carbocycles. The summed E-state index contributed by atoms with van der Waals surface area (Å²) in [4.78, 5) is 0. The Morgan fingerprint density at radius 2 is 2.23 bits per heavy atom. The average molecular weight is 302 g/mol. The molecule has 1 spiro atoms. The van der Waals surface area contributed by atoms with E-state index < -0.39 is 0 Å². The largest absolute Gasteiger partial charge is 0.495 e. The lowest BCUT2D eigenvalue weighted by atomic mass is 10.1. The van der Waals surface area contributed by atoms with Crippen LogP contribution in [0.4, 0.5) is 0 Å². The minimum absolute atomic E-state index is 0.117. The van der Waals surface area contributed by atoms with Crippen LogP contribution < -0.4 is 10.1 Å². The third-order valence-electron chi connectivity index (χ3n) is 4.36. The molecule has 1 saturated heterocycles. The first-order valence-electron chi connectivity index (χ1n) is 7.84. The maximum Gasteiger partial charge on any atom is 0.168 e. The zero-order chi connectivity index (χ0) is 15.4. The van der Waals surface area contributed by atoms with Gasteiger partial charge in [0.05, 0.1) is 25.4 Å². The SMILES string of the molecule is COc1ccc(CNC[C@@H]2COC3(CCCC3)O2)cc1C#N. The fourth-order valence-electron chi connectivity index (χ4n) is 3.22. The summed E-state index contributed by atoms with van der Waals surface area (Å²) >= 11 is 0. The van der Waals surface area contributed by atoms with Crippen molar-refractivity contribution in [2.45, 2.75) is 44.1 Å². The summed E-state index contributed by atoms with van der Waals surface area (Å²) in [6.45, 7) is 2.13. The fourth-order valence-corrected chi connectivity index (χ4v) is 3.22. The quantitative estimate of drug-likeness (QED) is 0.904. The number of benzene rings is 1. The van der Waals surface area contributed by atoms with Crippen LogP contribution in [-0.4, -0.2) is 32.2 Å². The molecule has 1 heterocycles. The van der Waals surface area contributed by atoms with E-state index in [9.17, 15) is 0 Å². The smallest absolute Gasteiger partial charge is 0.168 e. The minimum Gasteiger partial charge on any atom is -0.495 e. The second-order valence-electron chi connectivity index (χ2n) is 5.95. The van der Waals surface area contributed by atoms with Crippen LogP contribution in [0.15, 0.2) is 18.2 Å². The molecule has 5 nitrogen and oxygen atoms in total. The van der Waals surface area contributed by atoms with Gasteiger partial charge in [0.2, 0.25) is 0 Å². The van der Waals surface area contributed by atoms with Crippen molar-refractivity contribution in [1.82, 2.24) is 5.32 Å². The van der Waals surface area contributed by atoms with E-state index in [1.807, 2.05) is 18.2 Å². The molecule has 0 radical (unpaired) electrons. The van der Waals surface area contributed by atoms with Gasteiger partial charge in [0.25, 0.3) is 0 Å². The average Bonchev–Trinajstić information content (AvgIpc) is 3.17. The van der Waals surface area contributed by atoms with E-state index in [4.69, 9.17) is 19.5 Å². The molecule has 0 unspecified atom stereocenters. The summed E-state index contributed by atoms with van der Waals surface area (Å²) in [5, 5.41) is 12.5. The van der Waals surface area contributed by atoms with E-state index >= 15 is 0 Å². The maximum atomic E-state index is 9.10. The summed E-state index contributed by atoms with van der Waals surface area (Å²) in [6, 6.07) is 7.81. The molecule has 118 valence electrons. The number of nitrogens with one attached hydrogen (secondary N) is 1. The van der Waals surface area contributed by atoms with Gasteiger partial charge < -0.3 is 19.5 Å². The molecule has 1 aromatic carbocycles. The van der Waals surface area contributed by atoms with E-state index in [0.29, 0.717) is 24.5 Å². The summed E-state index contributed by atoms with van der Waals surface area (Å²) in [5.74, 6) is 0.322. The van der Waals surface area contributed by atoms with Crippen LogP contribution in [0.5, 0.6) is 5.75 Å². The number of hydrogen-bond donors (Lipinski definition) is 1. The Morgan fingerprint density at radius 1 is 1.41 bits per heavy atom. The molecule has 0 amide bonds. The van der Waals surface area contributed by atoms with Crippen molar-refractivity contribution in [2.75, 3.05) is 20.3 Å². The second kappa shape index (κ2) is 6.66. The molecule has 3 rings (SSSR count). The summed E-state index contributed by atoms with van der Waals surface area (Å²) in [7, 11) is 1.57. The molecule has 5 heteroatoms. The Kier molecular flexibility index (Phi) is 4.63. The molecule has 2 aliphatic rings. The highest BCUT2D eigenvalue weighted by Crippen LogP contribution is 2.38. The van der Waals surface area contributed by atoms with Gasteiger partial charge in [0, 0.05) is 25.9 Å². The van der Waals surface area contributed by atoms with Crippen LogP contribution in [0.3, 0.4) is 0 Å². The number of hydrogen-bond acceptors (Lipinski definition) is 5. The first-order chi connectivity index (χ1) is 10.7.